The highest BCUT2D eigenvalue weighted by Crippen LogP contribution is 2.33. The molecule has 2 N–H and O–H groups in total. The monoisotopic (exact) mass is 242 g/mol. The van der Waals surface area contributed by atoms with Gasteiger partial charge < -0.3 is 10.6 Å². The molecule has 2 nitrogen and oxygen atoms in total. The molecule has 18 heavy (non-hydrogen) atoms. The summed E-state index contributed by atoms with van der Waals surface area (Å²) in [6, 6.07) is 11.6. The lowest BCUT2D eigenvalue weighted by atomic mass is 10.1. The number of anilines is 2. The summed E-state index contributed by atoms with van der Waals surface area (Å²) in [4.78, 5) is 2.19. The van der Waals surface area contributed by atoms with Crippen molar-refractivity contribution < 1.29 is 4.39 Å². The fourth-order valence-corrected chi connectivity index (χ4v) is 2.46. The Labute approximate surface area is 106 Å². The minimum Gasteiger partial charge on any atom is -0.397 e. The van der Waals surface area contributed by atoms with Crippen LogP contribution in [0.2, 0.25) is 0 Å². The Balaban J connectivity index is 1.97. The third kappa shape index (κ3) is 1.72. The standard InChI is InChI=1S/C15H15FN2/c1-10-6-15(14(17)7-13(10)16)18-8-11-4-2-3-5-12(11)9-18/h2-7H,8-9,17H2,1H3. The zero-order valence-corrected chi connectivity index (χ0v) is 10.3. The van der Waals surface area contributed by atoms with Gasteiger partial charge in [0.05, 0.1) is 11.4 Å². The lowest BCUT2D eigenvalue weighted by Gasteiger charge is -2.20. The normalized spacial score (nSPS) is 13.8. The Morgan fingerprint density at radius 1 is 1.11 bits per heavy atom. The maximum absolute atomic E-state index is 13.4. The third-order valence-corrected chi connectivity index (χ3v) is 3.49. The third-order valence-electron chi connectivity index (χ3n) is 3.49. The van der Waals surface area contributed by atoms with Crippen LogP contribution in [0.1, 0.15) is 16.7 Å². The molecule has 0 atom stereocenters. The molecule has 2 aromatic carbocycles. The summed E-state index contributed by atoms with van der Waals surface area (Å²) in [7, 11) is 0. The van der Waals surface area contributed by atoms with Crippen molar-refractivity contribution in [1.29, 1.82) is 0 Å². The second kappa shape index (κ2) is 4.02. The van der Waals surface area contributed by atoms with Crippen LogP contribution in [0.4, 0.5) is 15.8 Å². The topological polar surface area (TPSA) is 29.3 Å². The molecule has 0 aromatic heterocycles. The smallest absolute Gasteiger partial charge is 0.128 e. The minimum atomic E-state index is -0.243. The Bertz CT molecular complexity index is 582. The number of rotatable bonds is 1. The molecule has 92 valence electrons. The first-order valence-electron chi connectivity index (χ1n) is 6.02. The van der Waals surface area contributed by atoms with Crippen LogP contribution in [0.3, 0.4) is 0 Å². The van der Waals surface area contributed by atoms with Crippen molar-refractivity contribution in [2.24, 2.45) is 0 Å². The van der Waals surface area contributed by atoms with E-state index in [1.54, 1.807) is 6.92 Å². The van der Waals surface area contributed by atoms with Crippen molar-refractivity contribution in [2.75, 3.05) is 10.6 Å². The molecule has 0 fully saturated rings. The Hall–Kier alpha value is -2.03. The highest BCUT2D eigenvalue weighted by molar-refractivity contribution is 5.70. The number of hydrogen-bond donors (Lipinski definition) is 1. The minimum absolute atomic E-state index is 0.243. The van der Waals surface area contributed by atoms with Crippen LogP contribution in [0.5, 0.6) is 0 Å². The second-order valence-electron chi connectivity index (χ2n) is 4.78. The van der Waals surface area contributed by atoms with Crippen molar-refractivity contribution in [2.45, 2.75) is 20.0 Å². The van der Waals surface area contributed by atoms with Crippen LogP contribution in [-0.4, -0.2) is 0 Å². The molecule has 0 unspecified atom stereocenters. The van der Waals surface area contributed by atoms with Gasteiger partial charge in [0.1, 0.15) is 5.82 Å². The molecule has 2 aromatic rings. The highest BCUT2D eigenvalue weighted by Gasteiger charge is 2.20. The largest absolute Gasteiger partial charge is 0.397 e. The number of nitrogens with two attached hydrogens (primary N) is 1. The van der Waals surface area contributed by atoms with Gasteiger partial charge in [0.25, 0.3) is 0 Å². The molecule has 3 rings (SSSR count). The van der Waals surface area contributed by atoms with Crippen LogP contribution < -0.4 is 10.6 Å². The fraction of sp³-hybridized carbons (Fsp3) is 0.200. The molecule has 0 saturated heterocycles. The molecular weight excluding hydrogens is 227 g/mol. The molecular formula is C15H15FN2. The Morgan fingerprint density at radius 3 is 2.33 bits per heavy atom. The van der Waals surface area contributed by atoms with Crippen LogP contribution in [0.25, 0.3) is 0 Å². The van der Waals surface area contributed by atoms with Crippen LogP contribution in [0, 0.1) is 12.7 Å². The molecule has 0 aliphatic carbocycles. The first kappa shape index (κ1) is 11.1. The van der Waals surface area contributed by atoms with Crippen molar-refractivity contribution in [3.63, 3.8) is 0 Å². The van der Waals surface area contributed by atoms with Crippen molar-refractivity contribution >= 4 is 11.4 Å². The van der Waals surface area contributed by atoms with Crippen molar-refractivity contribution in [1.82, 2.24) is 0 Å². The average molecular weight is 242 g/mol. The molecule has 0 radical (unpaired) electrons. The molecule has 1 aliphatic heterocycles. The van der Waals surface area contributed by atoms with Crippen LogP contribution >= 0.6 is 0 Å². The van der Waals surface area contributed by atoms with Gasteiger partial charge in [-0.15, -0.1) is 0 Å². The zero-order valence-electron chi connectivity index (χ0n) is 10.3. The summed E-state index contributed by atoms with van der Waals surface area (Å²) >= 11 is 0. The summed E-state index contributed by atoms with van der Waals surface area (Å²) in [5.74, 6) is -0.243. The van der Waals surface area contributed by atoms with Gasteiger partial charge in [0, 0.05) is 13.1 Å². The van der Waals surface area contributed by atoms with Gasteiger partial charge in [0.15, 0.2) is 0 Å². The molecule has 0 spiro atoms. The number of fused-ring (bicyclic) bond motifs is 1. The van der Waals surface area contributed by atoms with E-state index in [-0.39, 0.29) is 5.82 Å². The van der Waals surface area contributed by atoms with E-state index in [1.807, 2.05) is 18.2 Å². The van der Waals surface area contributed by atoms with Crippen molar-refractivity contribution in [3.8, 4) is 0 Å². The predicted molar refractivity (Wildman–Crippen MR) is 71.9 cm³/mol. The Kier molecular flexibility index (Phi) is 2.47. The maximum atomic E-state index is 13.4. The molecule has 0 amide bonds. The predicted octanol–water partition coefficient (Wildman–Crippen LogP) is 3.24. The number of benzene rings is 2. The van der Waals surface area contributed by atoms with Gasteiger partial charge in [-0.3, -0.25) is 0 Å². The van der Waals surface area contributed by atoms with Gasteiger partial charge in [-0.1, -0.05) is 24.3 Å². The first-order valence-corrected chi connectivity index (χ1v) is 6.02. The number of aryl methyl sites for hydroxylation is 1. The molecule has 0 bridgehead atoms. The second-order valence-corrected chi connectivity index (χ2v) is 4.78. The first-order chi connectivity index (χ1) is 8.65. The zero-order chi connectivity index (χ0) is 12.7. The summed E-state index contributed by atoms with van der Waals surface area (Å²) in [6.45, 7) is 3.44. The van der Waals surface area contributed by atoms with Crippen LogP contribution in [-0.2, 0) is 13.1 Å². The van der Waals surface area contributed by atoms with E-state index in [9.17, 15) is 4.39 Å². The Morgan fingerprint density at radius 2 is 1.72 bits per heavy atom. The number of hydrogen-bond acceptors (Lipinski definition) is 2. The van der Waals surface area contributed by atoms with Gasteiger partial charge in [-0.05, 0) is 35.7 Å². The average Bonchev–Trinajstić information content (AvgIpc) is 2.77. The molecule has 1 heterocycles. The quantitative estimate of drug-likeness (QED) is 0.778. The number of nitrogens with zero attached hydrogens (tertiary/aromatic N) is 1. The van der Waals surface area contributed by atoms with E-state index >= 15 is 0 Å². The van der Waals surface area contributed by atoms with E-state index in [0.29, 0.717) is 11.3 Å². The van der Waals surface area contributed by atoms with Gasteiger partial charge in [0.2, 0.25) is 0 Å². The van der Waals surface area contributed by atoms with Gasteiger partial charge >= 0.3 is 0 Å². The number of halogens is 1. The van der Waals surface area contributed by atoms with E-state index in [0.717, 1.165) is 18.8 Å². The van der Waals surface area contributed by atoms with Gasteiger partial charge in [-0.2, -0.15) is 0 Å². The molecule has 1 aliphatic rings. The lowest BCUT2D eigenvalue weighted by molar-refractivity contribution is 0.619. The SMILES string of the molecule is Cc1cc(N2Cc3ccccc3C2)c(N)cc1F. The summed E-state index contributed by atoms with van der Waals surface area (Å²) < 4.78 is 13.4. The van der Waals surface area contributed by atoms with Crippen LogP contribution in [0.15, 0.2) is 36.4 Å². The highest BCUT2D eigenvalue weighted by atomic mass is 19.1. The summed E-state index contributed by atoms with van der Waals surface area (Å²) in [5, 5.41) is 0. The summed E-state index contributed by atoms with van der Waals surface area (Å²) in [6.07, 6.45) is 0. The van der Waals surface area contributed by atoms with Gasteiger partial charge in [-0.25, -0.2) is 4.39 Å². The van der Waals surface area contributed by atoms with E-state index < -0.39 is 0 Å². The van der Waals surface area contributed by atoms with E-state index in [4.69, 9.17) is 5.73 Å². The van der Waals surface area contributed by atoms with E-state index in [2.05, 4.69) is 17.0 Å². The van der Waals surface area contributed by atoms with Crippen molar-refractivity contribution in [3.05, 3.63) is 58.9 Å². The number of nitrogen functional groups attached to an aromatic ring is 1. The summed E-state index contributed by atoms with van der Waals surface area (Å²) in [5.41, 5.74) is 10.6. The van der Waals surface area contributed by atoms with E-state index in [1.165, 1.54) is 17.2 Å². The molecule has 0 saturated carbocycles. The fourth-order valence-electron chi connectivity index (χ4n) is 2.46. The maximum Gasteiger partial charge on any atom is 0.128 e. The lowest BCUT2D eigenvalue weighted by Crippen LogP contribution is -2.16. The molecule has 3 heteroatoms.